The molecule has 1 aliphatic carbocycles. The van der Waals surface area contributed by atoms with Gasteiger partial charge in [-0.25, -0.2) is 0 Å². The first-order valence-corrected chi connectivity index (χ1v) is 9.43. The summed E-state index contributed by atoms with van der Waals surface area (Å²) in [6.07, 6.45) is 0. The van der Waals surface area contributed by atoms with E-state index in [1.54, 1.807) is 0 Å². The maximum absolute atomic E-state index is 12.8. The zero-order valence-corrected chi connectivity index (χ0v) is 15.7. The van der Waals surface area contributed by atoms with Crippen LogP contribution in [0.3, 0.4) is 0 Å². The highest BCUT2D eigenvalue weighted by molar-refractivity contribution is 5.95. The van der Waals surface area contributed by atoms with Gasteiger partial charge in [0.05, 0.1) is 6.54 Å². The van der Waals surface area contributed by atoms with E-state index in [1.807, 2.05) is 43.0 Å². The molecule has 0 N–H and O–H groups in total. The zero-order chi connectivity index (χ0) is 18.3. The second-order valence-electron chi connectivity index (χ2n) is 7.57. The Hall–Kier alpha value is -2.21. The number of piperidine rings is 1. The van der Waals surface area contributed by atoms with Crippen LogP contribution >= 0.6 is 0 Å². The second kappa shape index (κ2) is 6.83. The van der Waals surface area contributed by atoms with E-state index in [9.17, 15) is 4.79 Å². The molecule has 0 bridgehead atoms. The molecule has 2 fully saturated rings. The number of carbonyl (C=O) groups excluding carboxylic acids is 1. The van der Waals surface area contributed by atoms with Gasteiger partial charge in [0.2, 0.25) is 5.89 Å². The highest BCUT2D eigenvalue weighted by Crippen LogP contribution is 2.52. The molecule has 2 aliphatic rings. The van der Waals surface area contributed by atoms with Crippen LogP contribution in [0, 0.1) is 31.6 Å². The molecule has 1 saturated heterocycles. The number of rotatable bonds is 6. The standard InChI is InChI=1S/C20H26N4O2/c1-4-23(12-19-21-14(3)26-22-19)9-16-17-10-24(11-18(16)17)20(25)15-8-6-5-7-13(15)2/h5-8,16-18H,4,9-12H2,1-3H3/t16?,17-,18+. The Morgan fingerprint density at radius 3 is 2.62 bits per heavy atom. The minimum absolute atomic E-state index is 0.184. The molecule has 1 aromatic heterocycles. The Bertz CT molecular complexity index is 791. The Balaban J connectivity index is 1.31. The normalized spacial score (nSPS) is 24.2. The summed E-state index contributed by atoms with van der Waals surface area (Å²) >= 11 is 0. The van der Waals surface area contributed by atoms with Crippen LogP contribution in [-0.2, 0) is 6.54 Å². The van der Waals surface area contributed by atoms with E-state index < -0.39 is 0 Å². The smallest absolute Gasteiger partial charge is 0.254 e. The third kappa shape index (κ3) is 3.26. The molecule has 0 radical (unpaired) electrons. The molecule has 1 unspecified atom stereocenters. The number of fused-ring (bicyclic) bond motifs is 1. The van der Waals surface area contributed by atoms with Crippen molar-refractivity contribution in [3.8, 4) is 0 Å². The number of carbonyl (C=O) groups is 1. The topological polar surface area (TPSA) is 62.5 Å². The molecule has 6 heteroatoms. The molecule has 4 rings (SSSR count). The van der Waals surface area contributed by atoms with Gasteiger partial charge in [0, 0.05) is 32.1 Å². The Labute approximate surface area is 154 Å². The number of benzene rings is 1. The van der Waals surface area contributed by atoms with Gasteiger partial charge in [0.1, 0.15) is 0 Å². The molecule has 138 valence electrons. The van der Waals surface area contributed by atoms with Gasteiger partial charge >= 0.3 is 0 Å². The van der Waals surface area contributed by atoms with E-state index in [4.69, 9.17) is 4.52 Å². The van der Waals surface area contributed by atoms with Crippen molar-refractivity contribution in [3.63, 3.8) is 0 Å². The van der Waals surface area contributed by atoms with Crippen LogP contribution in [0.5, 0.6) is 0 Å². The summed E-state index contributed by atoms with van der Waals surface area (Å²) in [7, 11) is 0. The van der Waals surface area contributed by atoms with Gasteiger partial charge in [-0.1, -0.05) is 30.3 Å². The van der Waals surface area contributed by atoms with Crippen LogP contribution < -0.4 is 0 Å². The number of hydrogen-bond donors (Lipinski definition) is 0. The monoisotopic (exact) mass is 354 g/mol. The maximum atomic E-state index is 12.8. The van der Waals surface area contributed by atoms with Crippen LogP contribution in [0.1, 0.15) is 34.6 Å². The summed E-state index contributed by atoms with van der Waals surface area (Å²) in [4.78, 5) is 21.5. The highest BCUT2D eigenvalue weighted by atomic mass is 16.5. The van der Waals surface area contributed by atoms with E-state index >= 15 is 0 Å². The van der Waals surface area contributed by atoms with E-state index in [1.165, 1.54) is 0 Å². The van der Waals surface area contributed by atoms with Crippen molar-refractivity contribution < 1.29 is 9.32 Å². The molecule has 1 aromatic carbocycles. The van der Waals surface area contributed by atoms with Crippen molar-refractivity contribution in [1.29, 1.82) is 0 Å². The number of nitrogens with zero attached hydrogens (tertiary/aromatic N) is 4. The fourth-order valence-electron chi connectivity index (χ4n) is 4.28. The lowest BCUT2D eigenvalue weighted by atomic mass is 10.1. The third-order valence-corrected chi connectivity index (χ3v) is 5.88. The molecule has 2 heterocycles. The molecule has 3 atom stereocenters. The van der Waals surface area contributed by atoms with Crippen molar-refractivity contribution in [2.24, 2.45) is 17.8 Å². The molecule has 6 nitrogen and oxygen atoms in total. The zero-order valence-electron chi connectivity index (χ0n) is 15.7. The predicted octanol–water partition coefficient (Wildman–Crippen LogP) is 2.53. The molecule has 1 amide bonds. The first-order chi connectivity index (χ1) is 12.6. The largest absolute Gasteiger partial charge is 0.340 e. The SMILES string of the molecule is CCN(Cc1noc(C)n1)CC1[C@H]2CN(C(=O)c3ccccc3C)C[C@@H]12. The summed E-state index contributed by atoms with van der Waals surface area (Å²) in [5.41, 5.74) is 1.90. The van der Waals surface area contributed by atoms with Crippen LogP contribution in [0.15, 0.2) is 28.8 Å². The van der Waals surface area contributed by atoms with Crippen molar-refractivity contribution in [3.05, 3.63) is 47.1 Å². The Morgan fingerprint density at radius 2 is 2.00 bits per heavy atom. The lowest BCUT2D eigenvalue weighted by Crippen LogP contribution is -2.34. The lowest BCUT2D eigenvalue weighted by molar-refractivity contribution is 0.0762. The number of aromatic nitrogens is 2. The number of amides is 1. The highest BCUT2D eigenvalue weighted by Gasteiger charge is 2.56. The summed E-state index contributed by atoms with van der Waals surface area (Å²) in [6.45, 7) is 10.5. The van der Waals surface area contributed by atoms with Gasteiger partial charge in [-0.2, -0.15) is 4.98 Å². The number of aryl methyl sites for hydroxylation is 2. The number of hydrogen-bond acceptors (Lipinski definition) is 5. The average Bonchev–Trinajstić information content (AvgIpc) is 2.99. The Morgan fingerprint density at radius 1 is 1.27 bits per heavy atom. The fourth-order valence-corrected chi connectivity index (χ4v) is 4.28. The van der Waals surface area contributed by atoms with Crippen molar-refractivity contribution in [2.75, 3.05) is 26.2 Å². The number of likely N-dealkylation sites (tertiary alicyclic amines) is 1. The van der Waals surface area contributed by atoms with Gasteiger partial charge in [-0.15, -0.1) is 0 Å². The van der Waals surface area contributed by atoms with Crippen molar-refractivity contribution in [1.82, 2.24) is 19.9 Å². The molecular formula is C20H26N4O2. The van der Waals surface area contributed by atoms with Gasteiger partial charge < -0.3 is 9.42 Å². The first-order valence-electron chi connectivity index (χ1n) is 9.43. The lowest BCUT2D eigenvalue weighted by Gasteiger charge is -2.23. The molecule has 26 heavy (non-hydrogen) atoms. The van der Waals surface area contributed by atoms with Gasteiger partial charge in [0.25, 0.3) is 5.91 Å². The van der Waals surface area contributed by atoms with Crippen LogP contribution in [-0.4, -0.2) is 52.0 Å². The van der Waals surface area contributed by atoms with Crippen LogP contribution in [0.4, 0.5) is 0 Å². The second-order valence-corrected chi connectivity index (χ2v) is 7.57. The minimum atomic E-state index is 0.184. The summed E-state index contributed by atoms with van der Waals surface area (Å²) in [5.74, 6) is 3.52. The fraction of sp³-hybridized carbons (Fsp3) is 0.550. The maximum Gasteiger partial charge on any atom is 0.254 e. The van der Waals surface area contributed by atoms with Gasteiger partial charge in [-0.05, 0) is 42.9 Å². The van der Waals surface area contributed by atoms with Gasteiger partial charge in [0.15, 0.2) is 5.82 Å². The predicted molar refractivity (Wildman–Crippen MR) is 97.5 cm³/mol. The van der Waals surface area contributed by atoms with E-state index in [0.717, 1.165) is 49.7 Å². The van der Waals surface area contributed by atoms with E-state index in [-0.39, 0.29) is 5.91 Å². The minimum Gasteiger partial charge on any atom is -0.340 e. The summed E-state index contributed by atoms with van der Waals surface area (Å²) in [6, 6.07) is 7.86. The molecule has 0 spiro atoms. The van der Waals surface area contributed by atoms with Crippen LogP contribution in [0.25, 0.3) is 0 Å². The van der Waals surface area contributed by atoms with Gasteiger partial charge in [-0.3, -0.25) is 9.69 Å². The Kier molecular flexibility index (Phi) is 4.53. The summed E-state index contributed by atoms with van der Waals surface area (Å²) in [5, 5.41) is 4.00. The molecular weight excluding hydrogens is 328 g/mol. The van der Waals surface area contributed by atoms with E-state index in [2.05, 4.69) is 22.0 Å². The third-order valence-electron chi connectivity index (χ3n) is 5.88. The molecule has 1 saturated carbocycles. The molecule has 2 aromatic rings. The first kappa shape index (κ1) is 17.2. The molecule has 1 aliphatic heterocycles. The van der Waals surface area contributed by atoms with Crippen molar-refractivity contribution >= 4 is 5.91 Å². The summed E-state index contributed by atoms with van der Waals surface area (Å²) < 4.78 is 5.07. The quantitative estimate of drug-likeness (QED) is 0.798. The van der Waals surface area contributed by atoms with Crippen molar-refractivity contribution in [2.45, 2.75) is 27.3 Å². The van der Waals surface area contributed by atoms with E-state index in [0.29, 0.717) is 23.6 Å². The average molecular weight is 354 g/mol. The van der Waals surface area contributed by atoms with Crippen LogP contribution in [0.2, 0.25) is 0 Å².